The van der Waals surface area contributed by atoms with Crippen LogP contribution in [0.2, 0.25) is 0 Å². The molecule has 0 saturated carbocycles. The number of ether oxygens (including phenoxy) is 1. The van der Waals surface area contributed by atoms with Crippen LogP contribution in [0.5, 0.6) is 5.75 Å². The van der Waals surface area contributed by atoms with Gasteiger partial charge >= 0.3 is 0 Å². The third-order valence-corrected chi connectivity index (χ3v) is 8.98. The van der Waals surface area contributed by atoms with E-state index >= 15 is 0 Å². The third-order valence-electron chi connectivity index (χ3n) is 6.93. The average molecular weight is 512 g/mol. The lowest BCUT2D eigenvalue weighted by atomic mass is 9.94. The molecule has 1 aliphatic heterocycles. The molecule has 1 amide bonds. The maximum Gasteiger partial charge on any atom is 0.264 e. The molecule has 0 spiro atoms. The number of rotatable bonds is 7. The Kier molecular flexibility index (Phi) is 7.04. The van der Waals surface area contributed by atoms with Crippen molar-refractivity contribution < 1.29 is 22.3 Å². The number of methoxy groups -OCH3 is 1. The number of hydrogen-bond donors (Lipinski definition) is 0. The highest BCUT2D eigenvalue weighted by Crippen LogP contribution is 2.45. The molecule has 9 heteroatoms. The summed E-state index contributed by atoms with van der Waals surface area (Å²) in [7, 11) is -0.862. The van der Waals surface area contributed by atoms with E-state index in [1.165, 1.54) is 35.7 Å². The number of pyridine rings is 1. The van der Waals surface area contributed by atoms with E-state index in [0.717, 1.165) is 5.69 Å². The van der Waals surface area contributed by atoms with E-state index in [2.05, 4.69) is 4.98 Å². The number of nitrogens with zero attached hydrogens (tertiary/aromatic N) is 3. The summed E-state index contributed by atoms with van der Waals surface area (Å²) in [6.45, 7) is 5.61. The summed E-state index contributed by atoms with van der Waals surface area (Å²) in [5.74, 6) is -1.05. The number of carbonyl (C=O) groups excluding carboxylic acids is 1. The standard InChI is InChI=1S/C27H30FN3O4S/c1-17-18(2)25(12-11-24(17)35-5)36(33,34)31-19(3)26(22-16-20(28)9-10-23(22)31)27(32)30(4)15-13-21-8-6-7-14-29-21/h6-12,14,16,19,26H,13,15H2,1-5H3/t19-,26-/m0/s1. The van der Waals surface area contributed by atoms with Crippen LogP contribution < -0.4 is 9.04 Å². The Balaban J connectivity index is 1.71. The number of amides is 1. The first-order valence-electron chi connectivity index (χ1n) is 11.7. The number of benzene rings is 2. The number of anilines is 1. The van der Waals surface area contributed by atoms with Crippen LogP contribution in [0, 0.1) is 19.7 Å². The van der Waals surface area contributed by atoms with E-state index in [0.29, 0.717) is 41.1 Å². The molecule has 0 fully saturated rings. The number of aromatic nitrogens is 1. The first kappa shape index (κ1) is 25.6. The maximum absolute atomic E-state index is 14.3. The molecule has 0 N–H and O–H groups in total. The number of sulfonamides is 1. The Bertz CT molecular complexity index is 1400. The molecule has 0 unspecified atom stereocenters. The van der Waals surface area contributed by atoms with E-state index in [9.17, 15) is 17.6 Å². The van der Waals surface area contributed by atoms with Crippen LogP contribution in [-0.2, 0) is 21.2 Å². The highest BCUT2D eigenvalue weighted by Gasteiger charge is 2.47. The Labute approximate surface area is 211 Å². The number of likely N-dealkylation sites (N-methyl/N-ethyl adjacent to an activating group) is 1. The smallest absolute Gasteiger partial charge is 0.264 e. The van der Waals surface area contributed by atoms with Crippen molar-refractivity contribution in [1.82, 2.24) is 9.88 Å². The van der Waals surface area contributed by atoms with E-state index in [4.69, 9.17) is 4.74 Å². The minimum Gasteiger partial charge on any atom is -0.496 e. The second-order valence-electron chi connectivity index (χ2n) is 9.07. The van der Waals surface area contributed by atoms with Gasteiger partial charge in [0.25, 0.3) is 10.0 Å². The van der Waals surface area contributed by atoms with Crippen molar-refractivity contribution >= 4 is 21.6 Å². The lowest BCUT2D eigenvalue weighted by Gasteiger charge is -2.29. The molecular formula is C27H30FN3O4S. The fourth-order valence-electron chi connectivity index (χ4n) is 4.83. The number of hydrogen-bond acceptors (Lipinski definition) is 5. The Morgan fingerprint density at radius 2 is 1.89 bits per heavy atom. The molecule has 0 aliphatic carbocycles. The molecule has 2 aromatic carbocycles. The quantitative estimate of drug-likeness (QED) is 0.474. The Hall–Kier alpha value is -3.46. The Morgan fingerprint density at radius 1 is 1.14 bits per heavy atom. The number of carbonyl (C=O) groups is 1. The molecule has 190 valence electrons. The van der Waals surface area contributed by atoms with Crippen molar-refractivity contribution in [2.75, 3.05) is 25.0 Å². The minimum atomic E-state index is -4.07. The molecule has 0 bridgehead atoms. The van der Waals surface area contributed by atoms with Crippen LogP contribution in [0.1, 0.15) is 35.2 Å². The SMILES string of the molecule is COc1ccc(S(=O)(=O)N2c3ccc(F)cc3[C@@H](C(=O)N(C)CCc3ccccn3)[C@@H]2C)c(C)c1C. The van der Waals surface area contributed by atoms with Crippen LogP contribution in [0.15, 0.2) is 59.6 Å². The van der Waals surface area contributed by atoms with Gasteiger partial charge in [-0.15, -0.1) is 0 Å². The lowest BCUT2D eigenvalue weighted by molar-refractivity contribution is -0.131. The molecule has 4 rings (SSSR count). The largest absolute Gasteiger partial charge is 0.496 e. The summed E-state index contributed by atoms with van der Waals surface area (Å²) < 4.78 is 48.9. The van der Waals surface area contributed by atoms with E-state index < -0.39 is 27.8 Å². The fourth-order valence-corrected chi connectivity index (χ4v) is 6.81. The van der Waals surface area contributed by atoms with Gasteiger partial charge in [0.1, 0.15) is 11.6 Å². The zero-order valence-corrected chi connectivity index (χ0v) is 21.8. The number of fused-ring (bicyclic) bond motifs is 1. The van der Waals surface area contributed by atoms with Crippen molar-refractivity contribution in [2.45, 2.75) is 44.0 Å². The predicted molar refractivity (Wildman–Crippen MR) is 136 cm³/mol. The molecular weight excluding hydrogens is 481 g/mol. The normalized spacial score (nSPS) is 17.1. The molecule has 2 atom stereocenters. The Morgan fingerprint density at radius 3 is 2.56 bits per heavy atom. The van der Waals surface area contributed by atoms with Crippen molar-refractivity contribution in [3.05, 3.63) is 82.9 Å². The summed E-state index contributed by atoms with van der Waals surface area (Å²) in [4.78, 5) is 19.6. The summed E-state index contributed by atoms with van der Waals surface area (Å²) >= 11 is 0. The topological polar surface area (TPSA) is 79.8 Å². The first-order chi connectivity index (χ1) is 17.1. The second-order valence-corrected chi connectivity index (χ2v) is 10.9. The van der Waals surface area contributed by atoms with Gasteiger partial charge in [0, 0.05) is 31.9 Å². The van der Waals surface area contributed by atoms with Crippen LogP contribution >= 0.6 is 0 Å². The molecule has 7 nitrogen and oxygen atoms in total. The molecule has 0 radical (unpaired) electrons. The van der Waals surface area contributed by atoms with Crippen LogP contribution in [0.4, 0.5) is 10.1 Å². The zero-order valence-electron chi connectivity index (χ0n) is 21.0. The van der Waals surface area contributed by atoms with Crippen molar-refractivity contribution in [1.29, 1.82) is 0 Å². The predicted octanol–water partition coefficient (Wildman–Crippen LogP) is 4.23. The fraction of sp³-hybridized carbons (Fsp3) is 0.333. The number of halogens is 1. The minimum absolute atomic E-state index is 0.125. The summed E-state index contributed by atoms with van der Waals surface area (Å²) in [6, 6.07) is 11.9. The van der Waals surface area contributed by atoms with Gasteiger partial charge in [-0.2, -0.15) is 0 Å². The van der Waals surface area contributed by atoms with Crippen LogP contribution in [0.25, 0.3) is 0 Å². The molecule has 3 aromatic rings. The van der Waals surface area contributed by atoms with Gasteiger partial charge in [-0.25, -0.2) is 12.8 Å². The molecule has 1 aromatic heterocycles. The highest BCUT2D eigenvalue weighted by molar-refractivity contribution is 7.93. The first-order valence-corrected chi connectivity index (χ1v) is 13.1. The molecule has 36 heavy (non-hydrogen) atoms. The third kappa shape index (κ3) is 4.43. The van der Waals surface area contributed by atoms with Crippen molar-refractivity contribution in [3.63, 3.8) is 0 Å². The summed E-state index contributed by atoms with van der Waals surface area (Å²) in [5.41, 5.74) is 2.80. The lowest BCUT2D eigenvalue weighted by Crippen LogP contribution is -2.43. The van der Waals surface area contributed by atoms with E-state index in [1.807, 2.05) is 18.2 Å². The molecule has 0 saturated heterocycles. The molecule has 2 heterocycles. The van der Waals surface area contributed by atoms with Gasteiger partial charge in [-0.3, -0.25) is 14.1 Å². The van der Waals surface area contributed by atoms with Gasteiger partial charge in [0.15, 0.2) is 0 Å². The summed E-state index contributed by atoms with van der Waals surface area (Å²) in [5, 5.41) is 0. The van der Waals surface area contributed by atoms with Gasteiger partial charge in [-0.05, 0) is 79.9 Å². The van der Waals surface area contributed by atoms with Crippen LogP contribution in [0.3, 0.4) is 0 Å². The van der Waals surface area contributed by atoms with Gasteiger partial charge < -0.3 is 9.64 Å². The monoisotopic (exact) mass is 511 g/mol. The zero-order chi connectivity index (χ0) is 26.2. The van der Waals surface area contributed by atoms with Crippen molar-refractivity contribution in [3.8, 4) is 5.75 Å². The van der Waals surface area contributed by atoms with Gasteiger partial charge in [-0.1, -0.05) is 6.07 Å². The van der Waals surface area contributed by atoms with Crippen LogP contribution in [-0.4, -0.2) is 51.0 Å². The second kappa shape index (κ2) is 9.89. The maximum atomic E-state index is 14.3. The van der Waals surface area contributed by atoms with E-state index in [1.54, 1.807) is 45.0 Å². The van der Waals surface area contributed by atoms with Crippen molar-refractivity contribution in [2.24, 2.45) is 0 Å². The highest BCUT2D eigenvalue weighted by atomic mass is 32.2. The summed E-state index contributed by atoms with van der Waals surface area (Å²) in [6.07, 6.45) is 2.24. The van der Waals surface area contributed by atoms with Gasteiger partial charge in [0.05, 0.1) is 29.7 Å². The van der Waals surface area contributed by atoms with Gasteiger partial charge in [0.2, 0.25) is 5.91 Å². The average Bonchev–Trinajstić information content (AvgIpc) is 3.15. The van der Waals surface area contributed by atoms with E-state index in [-0.39, 0.29) is 10.8 Å². The molecule has 1 aliphatic rings.